The van der Waals surface area contributed by atoms with Crippen molar-refractivity contribution < 1.29 is 13.9 Å². The first-order valence-corrected chi connectivity index (χ1v) is 6.72. The van der Waals surface area contributed by atoms with Crippen LogP contribution in [-0.2, 0) is 0 Å². The van der Waals surface area contributed by atoms with Crippen LogP contribution in [0.15, 0.2) is 18.2 Å². The van der Waals surface area contributed by atoms with Gasteiger partial charge in [-0.2, -0.15) is 0 Å². The second kappa shape index (κ2) is 6.15. The standard InChI is InChI=1S/C15H20FNO2/c1-11-5-3-4-8-17(11)10-14(18)13-9-12(16)6-7-15(13)19-2/h6-7,9,11H,3-5,8,10H2,1-2H3. The monoisotopic (exact) mass is 265 g/mol. The fraction of sp³-hybridized carbons (Fsp3) is 0.533. The lowest BCUT2D eigenvalue weighted by molar-refractivity contribution is 0.0857. The Morgan fingerprint density at radius 3 is 2.95 bits per heavy atom. The predicted molar refractivity (Wildman–Crippen MR) is 72.2 cm³/mol. The maximum absolute atomic E-state index is 13.3. The molecule has 0 aliphatic carbocycles. The van der Waals surface area contributed by atoms with Crippen LogP contribution in [0, 0.1) is 5.82 Å². The van der Waals surface area contributed by atoms with E-state index in [1.165, 1.54) is 31.7 Å². The summed E-state index contributed by atoms with van der Waals surface area (Å²) in [7, 11) is 1.49. The zero-order valence-electron chi connectivity index (χ0n) is 11.5. The number of hydrogen-bond acceptors (Lipinski definition) is 3. The number of rotatable bonds is 4. The average molecular weight is 265 g/mol. The summed E-state index contributed by atoms with van der Waals surface area (Å²) in [5.41, 5.74) is 0.334. The number of carbonyl (C=O) groups is 1. The minimum atomic E-state index is -0.407. The van der Waals surface area contributed by atoms with Crippen molar-refractivity contribution in [2.24, 2.45) is 0 Å². The summed E-state index contributed by atoms with van der Waals surface area (Å²) >= 11 is 0. The first kappa shape index (κ1) is 14.0. The Hall–Kier alpha value is -1.42. The fourth-order valence-corrected chi connectivity index (χ4v) is 2.56. The minimum Gasteiger partial charge on any atom is -0.496 e. The number of likely N-dealkylation sites (tertiary alicyclic amines) is 1. The van der Waals surface area contributed by atoms with Gasteiger partial charge in [0.2, 0.25) is 0 Å². The quantitative estimate of drug-likeness (QED) is 0.784. The highest BCUT2D eigenvalue weighted by Crippen LogP contribution is 2.22. The normalized spacial score (nSPS) is 20.3. The van der Waals surface area contributed by atoms with E-state index < -0.39 is 5.82 Å². The lowest BCUT2D eigenvalue weighted by Crippen LogP contribution is -2.40. The molecule has 1 fully saturated rings. The van der Waals surface area contributed by atoms with E-state index in [0.29, 0.717) is 23.9 Å². The van der Waals surface area contributed by atoms with Gasteiger partial charge in [-0.15, -0.1) is 0 Å². The molecule has 19 heavy (non-hydrogen) atoms. The molecule has 0 N–H and O–H groups in total. The van der Waals surface area contributed by atoms with Gasteiger partial charge >= 0.3 is 0 Å². The van der Waals surface area contributed by atoms with E-state index in [1.54, 1.807) is 0 Å². The number of halogens is 1. The van der Waals surface area contributed by atoms with E-state index in [1.807, 2.05) is 0 Å². The molecule has 1 atom stereocenters. The van der Waals surface area contributed by atoms with Gasteiger partial charge in [-0.25, -0.2) is 4.39 Å². The average Bonchev–Trinajstić information content (AvgIpc) is 2.41. The van der Waals surface area contributed by atoms with Crippen molar-refractivity contribution in [1.82, 2.24) is 4.90 Å². The van der Waals surface area contributed by atoms with Crippen LogP contribution in [0.4, 0.5) is 4.39 Å². The van der Waals surface area contributed by atoms with Crippen LogP contribution in [0.1, 0.15) is 36.5 Å². The molecule has 104 valence electrons. The third-order valence-corrected chi connectivity index (χ3v) is 3.75. The van der Waals surface area contributed by atoms with Gasteiger partial charge in [-0.1, -0.05) is 6.42 Å². The third-order valence-electron chi connectivity index (χ3n) is 3.75. The van der Waals surface area contributed by atoms with Crippen LogP contribution < -0.4 is 4.74 Å². The van der Waals surface area contributed by atoms with Crippen molar-refractivity contribution >= 4 is 5.78 Å². The Bertz CT molecular complexity index is 461. The first-order valence-electron chi connectivity index (χ1n) is 6.72. The van der Waals surface area contributed by atoms with Gasteiger partial charge < -0.3 is 4.74 Å². The van der Waals surface area contributed by atoms with Crippen molar-refractivity contribution in [3.8, 4) is 5.75 Å². The number of Topliss-reactive ketones (excluding diaryl/α,β-unsaturated/α-hetero) is 1. The van der Waals surface area contributed by atoms with E-state index >= 15 is 0 Å². The molecule has 1 aliphatic heterocycles. The summed E-state index contributed by atoms with van der Waals surface area (Å²) in [6.07, 6.45) is 3.46. The van der Waals surface area contributed by atoms with Gasteiger partial charge in [-0.3, -0.25) is 9.69 Å². The van der Waals surface area contributed by atoms with Crippen LogP contribution in [0.2, 0.25) is 0 Å². The molecule has 1 aromatic rings. The highest BCUT2D eigenvalue weighted by atomic mass is 19.1. The predicted octanol–water partition coefficient (Wildman–Crippen LogP) is 2.89. The molecule has 2 rings (SSSR count). The Morgan fingerprint density at radius 2 is 2.26 bits per heavy atom. The van der Waals surface area contributed by atoms with Gasteiger partial charge in [-0.05, 0) is 44.5 Å². The zero-order chi connectivity index (χ0) is 13.8. The van der Waals surface area contributed by atoms with Crippen LogP contribution in [0.25, 0.3) is 0 Å². The molecular weight excluding hydrogens is 245 g/mol. The summed E-state index contributed by atoms with van der Waals surface area (Å²) in [6.45, 7) is 3.40. The summed E-state index contributed by atoms with van der Waals surface area (Å²) in [6, 6.07) is 4.48. The smallest absolute Gasteiger partial charge is 0.180 e. The van der Waals surface area contributed by atoms with Crippen LogP contribution >= 0.6 is 0 Å². The maximum Gasteiger partial charge on any atom is 0.180 e. The Kier molecular flexibility index (Phi) is 4.53. The second-order valence-electron chi connectivity index (χ2n) is 5.08. The molecule has 0 radical (unpaired) electrons. The van der Waals surface area contributed by atoms with Crippen molar-refractivity contribution in [2.45, 2.75) is 32.2 Å². The zero-order valence-corrected chi connectivity index (χ0v) is 11.5. The van der Waals surface area contributed by atoms with Gasteiger partial charge in [0.25, 0.3) is 0 Å². The number of ether oxygens (including phenoxy) is 1. The number of ketones is 1. The van der Waals surface area contributed by atoms with Gasteiger partial charge in [0.15, 0.2) is 5.78 Å². The number of hydrogen-bond donors (Lipinski definition) is 0. The lowest BCUT2D eigenvalue weighted by atomic mass is 10.0. The van der Waals surface area contributed by atoms with E-state index in [9.17, 15) is 9.18 Å². The van der Waals surface area contributed by atoms with Crippen molar-refractivity contribution in [2.75, 3.05) is 20.2 Å². The van der Waals surface area contributed by atoms with Crippen LogP contribution in [0.5, 0.6) is 5.75 Å². The summed E-state index contributed by atoms with van der Waals surface area (Å²) in [5, 5.41) is 0. The van der Waals surface area contributed by atoms with Crippen LogP contribution in [-0.4, -0.2) is 36.9 Å². The topological polar surface area (TPSA) is 29.5 Å². The lowest BCUT2D eigenvalue weighted by Gasteiger charge is -2.32. The largest absolute Gasteiger partial charge is 0.496 e. The maximum atomic E-state index is 13.3. The molecule has 0 saturated carbocycles. The molecule has 0 amide bonds. The van der Waals surface area contributed by atoms with Gasteiger partial charge in [0, 0.05) is 6.04 Å². The highest BCUT2D eigenvalue weighted by molar-refractivity contribution is 6.00. The number of nitrogens with zero attached hydrogens (tertiary/aromatic N) is 1. The summed E-state index contributed by atoms with van der Waals surface area (Å²) in [4.78, 5) is 14.5. The second-order valence-corrected chi connectivity index (χ2v) is 5.08. The van der Waals surface area contributed by atoms with E-state index in [-0.39, 0.29) is 5.78 Å². The van der Waals surface area contributed by atoms with Crippen molar-refractivity contribution in [1.29, 1.82) is 0 Å². The SMILES string of the molecule is COc1ccc(F)cc1C(=O)CN1CCCCC1C. The number of carbonyl (C=O) groups excluding carboxylic acids is 1. The molecular formula is C15H20FNO2. The Labute approximate surface area is 113 Å². The number of benzene rings is 1. The summed E-state index contributed by atoms with van der Waals surface area (Å²) < 4.78 is 18.4. The summed E-state index contributed by atoms with van der Waals surface area (Å²) in [5.74, 6) is -0.0444. The van der Waals surface area contributed by atoms with Crippen LogP contribution in [0.3, 0.4) is 0 Å². The van der Waals surface area contributed by atoms with E-state index in [2.05, 4.69) is 11.8 Å². The molecule has 1 aromatic carbocycles. The number of piperidine rings is 1. The van der Waals surface area contributed by atoms with E-state index in [0.717, 1.165) is 19.4 Å². The molecule has 1 saturated heterocycles. The molecule has 1 unspecified atom stereocenters. The molecule has 4 heteroatoms. The highest BCUT2D eigenvalue weighted by Gasteiger charge is 2.22. The third kappa shape index (κ3) is 3.32. The Morgan fingerprint density at radius 1 is 1.47 bits per heavy atom. The minimum absolute atomic E-state index is 0.0786. The van der Waals surface area contributed by atoms with E-state index in [4.69, 9.17) is 4.74 Å². The molecule has 0 aromatic heterocycles. The van der Waals surface area contributed by atoms with Crippen molar-refractivity contribution in [3.05, 3.63) is 29.6 Å². The Balaban J connectivity index is 2.13. The molecule has 0 bridgehead atoms. The first-order chi connectivity index (χ1) is 9.11. The van der Waals surface area contributed by atoms with Crippen molar-refractivity contribution in [3.63, 3.8) is 0 Å². The molecule has 1 heterocycles. The fourth-order valence-electron chi connectivity index (χ4n) is 2.56. The molecule has 1 aliphatic rings. The van der Waals surface area contributed by atoms with Gasteiger partial charge in [0.1, 0.15) is 11.6 Å². The molecule has 0 spiro atoms. The van der Waals surface area contributed by atoms with Gasteiger partial charge in [0.05, 0.1) is 19.2 Å². The number of methoxy groups -OCH3 is 1. The molecule has 3 nitrogen and oxygen atoms in total.